The highest BCUT2D eigenvalue weighted by Gasteiger charge is 2.23. The fourth-order valence-electron chi connectivity index (χ4n) is 2.82. The fourth-order valence-corrected chi connectivity index (χ4v) is 3.87. The number of carbonyl (C=O) groups is 2. The number of halogens is 1. The summed E-state index contributed by atoms with van der Waals surface area (Å²) in [6.45, 7) is 2.13. The number of unbranched alkanes of at least 4 members (excludes halogenated alkanes) is 1. The number of hydrogen-bond acceptors (Lipinski definition) is 9. The number of aromatic nitrogens is 3. The molecule has 0 unspecified atom stereocenters. The van der Waals surface area contributed by atoms with Crippen molar-refractivity contribution in [3.63, 3.8) is 0 Å². The van der Waals surface area contributed by atoms with Gasteiger partial charge in [-0.2, -0.15) is 9.97 Å². The lowest BCUT2D eigenvalue weighted by atomic mass is 10.2. The van der Waals surface area contributed by atoms with Crippen molar-refractivity contribution in [1.29, 1.82) is 0 Å². The SMILES string of the molecule is Cc1cnc(Cl)c(CSc2nc3c(c(OCOC(=O)CCCCC(=O)O)n2)CCO3)c1. The van der Waals surface area contributed by atoms with E-state index >= 15 is 0 Å². The van der Waals surface area contributed by atoms with Crippen LogP contribution in [0.1, 0.15) is 42.4 Å². The maximum atomic E-state index is 11.8. The first-order chi connectivity index (χ1) is 14.9. The molecule has 0 amide bonds. The van der Waals surface area contributed by atoms with Gasteiger partial charge in [-0.15, -0.1) is 0 Å². The number of aryl methyl sites for hydroxylation is 1. The second-order valence-electron chi connectivity index (χ2n) is 6.82. The molecule has 3 rings (SSSR count). The number of hydrogen-bond donors (Lipinski definition) is 1. The summed E-state index contributed by atoms with van der Waals surface area (Å²) >= 11 is 7.52. The largest absolute Gasteiger partial charge is 0.481 e. The third-order valence-electron chi connectivity index (χ3n) is 4.34. The molecule has 11 heteroatoms. The Labute approximate surface area is 188 Å². The van der Waals surface area contributed by atoms with Gasteiger partial charge in [0, 0.05) is 36.8 Å². The number of aliphatic carboxylic acids is 1. The van der Waals surface area contributed by atoms with Crippen LogP contribution in [0.3, 0.4) is 0 Å². The lowest BCUT2D eigenvalue weighted by molar-refractivity contribution is -0.150. The van der Waals surface area contributed by atoms with Gasteiger partial charge in [0.25, 0.3) is 0 Å². The maximum absolute atomic E-state index is 11.8. The van der Waals surface area contributed by atoms with Crippen molar-refractivity contribution in [3.8, 4) is 11.8 Å². The van der Waals surface area contributed by atoms with Crippen LogP contribution in [0.5, 0.6) is 11.8 Å². The van der Waals surface area contributed by atoms with Crippen LogP contribution in [0, 0.1) is 6.92 Å². The Hall–Kier alpha value is -2.59. The van der Waals surface area contributed by atoms with Crippen LogP contribution in [-0.2, 0) is 26.5 Å². The second-order valence-corrected chi connectivity index (χ2v) is 8.12. The lowest BCUT2D eigenvalue weighted by Gasteiger charge is -2.11. The van der Waals surface area contributed by atoms with E-state index in [1.54, 1.807) is 6.20 Å². The van der Waals surface area contributed by atoms with Crippen LogP contribution in [0.4, 0.5) is 0 Å². The summed E-state index contributed by atoms with van der Waals surface area (Å²) in [6, 6.07) is 1.96. The zero-order valence-corrected chi connectivity index (χ0v) is 18.5. The summed E-state index contributed by atoms with van der Waals surface area (Å²) in [6.07, 6.45) is 3.33. The van der Waals surface area contributed by atoms with E-state index in [2.05, 4.69) is 15.0 Å². The van der Waals surface area contributed by atoms with E-state index in [-0.39, 0.29) is 19.6 Å². The molecule has 3 heterocycles. The number of pyridine rings is 1. The van der Waals surface area contributed by atoms with Crippen LogP contribution in [0.25, 0.3) is 0 Å². The number of carboxylic acid groups (broad SMARTS) is 1. The third kappa shape index (κ3) is 6.96. The van der Waals surface area contributed by atoms with E-state index in [0.29, 0.717) is 53.7 Å². The molecule has 1 aliphatic heterocycles. The molecule has 1 N–H and O–H groups in total. The number of nitrogens with zero attached hydrogens (tertiary/aromatic N) is 3. The molecule has 166 valence electrons. The van der Waals surface area contributed by atoms with Crippen molar-refractivity contribution in [3.05, 3.63) is 34.1 Å². The maximum Gasteiger partial charge on any atom is 0.308 e. The van der Waals surface area contributed by atoms with Gasteiger partial charge in [-0.3, -0.25) is 9.59 Å². The first-order valence-electron chi connectivity index (χ1n) is 9.70. The van der Waals surface area contributed by atoms with E-state index in [4.69, 9.17) is 30.9 Å². The quantitative estimate of drug-likeness (QED) is 0.131. The summed E-state index contributed by atoms with van der Waals surface area (Å²) in [5.41, 5.74) is 2.61. The highest BCUT2D eigenvalue weighted by atomic mass is 35.5. The Kier molecular flexibility index (Phi) is 8.30. The summed E-state index contributed by atoms with van der Waals surface area (Å²) in [5, 5.41) is 9.49. The van der Waals surface area contributed by atoms with Crippen molar-refractivity contribution in [2.75, 3.05) is 13.4 Å². The number of thioether (sulfide) groups is 1. The molecule has 0 spiro atoms. The molecule has 0 aromatic carbocycles. The van der Waals surface area contributed by atoms with Crippen LogP contribution in [0.2, 0.25) is 5.15 Å². The molecule has 0 bridgehead atoms. The number of fused-ring (bicyclic) bond motifs is 1. The normalized spacial score (nSPS) is 12.2. The zero-order chi connectivity index (χ0) is 22.2. The third-order valence-corrected chi connectivity index (χ3v) is 5.58. The number of esters is 1. The summed E-state index contributed by atoms with van der Waals surface area (Å²) in [7, 11) is 0. The van der Waals surface area contributed by atoms with Gasteiger partial charge in [0.05, 0.1) is 12.2 Å². The Morgan fingerprint density at radius 1 is 1.29 bits per heavy atom. The second kappa shape index (κ2) is 11.1. The van der Waals surface area contributed by atoms with Gasteiger partial charge in [-0.25, -0.2) is 4.98 Å². The molecule has 2 aromatic rings. The van der Waals surface area contributed by atoms with E-state index in [9.17, 15) is 9.59 Å². The van der Waals surface area contributed by atoms with Gasteiger partial charge in [-0.05, 0) is 25.3 Å². The van der Waals surface area contributed by atoms with Crippen molar-refractivity contribution in [2.45, 2.75) is 49.9 Å². The number of ether oxygens (including phenoxy) is 3. The molecular formula is C20H22ClN3O6S. The van der Waals surface area contributed by atoms with Crippen molar-refractivity contribution in [1.82, 2.24) is 15.0 Å². The minimum Gasteiger partial charge on any atom is -0.481 e. The molecule has 31 heavy (non-hydrogen) atoms. The van der Waals surface area contributed by atoms with E-state index in [0.717, 1.165) is 16.7 Å². The Morgan fingerprint density at radius 3 is 2.90 bits per heavy atom. The van der Waals surface area contributed by atoms with Crippen LogP contribution in [0.15, 0.2) is 17.4 Å². The van der Waals surface area contributed by atoms with Gasteiger partial charge in [-0.1, -0.05) is 29.4 Å². The highest BCUT2D eigenvalue weighted by Crippen LogP contribution is 2.34. The molecule has 0 atom stereocenters. The van der Waals surface area contributed by atoms with E-state index in [1.807, 2.05) is 13.0 Å². The van der Waals surface area contributed by atoms with Gasteiger partial charge in [0.1, 0.15) is 5.15 Å². The molecule has 0 fully saturated rings. The lowest BCUT2D eigenvalue weighted by Crippen LogP contribution is -2.12. The van der Waals surface area contributed by atoms with Crippen LogP contribution >= 0.6 is 23.4 Å². The minimum absolute atomic E-state index is 0.0289. The van der Waals surface area contributed by atoms with Crippen molar-refractivity contribution >= 4 is 35.3 Å². The standard InChI is InChI=1S/C20H22ClN3O6S/c1-12-8-13(17(21)22-9-12)10-31-20-23-18-14(6-7-28-18)19(24-20)30-11-29-16(27)5-3-2-4-15(25)26/h8-9H,2-7,10-11H2,1H3,(H,25,26). The van der Waals surface area contributed by atoms with Gasteiger partial charge < -0.3 is 19.3 Å². The van der Waals surface area contributed by atoms with Crippen molar-refractivity contribution < 1.29 is 28.9 Å². The summed E-state index contributed by atoms with van der Waals surface area (Å²) in [5.74, 6) is -0.0374. The Bertz CT molecular complexity index is 959. The van der Waals surface area contributed by atoms with Gasteiger partial charge >= 0.3 is 11.9 Å². The minimum atomic E-state index is -0.883. The fraction of sp³-hybridized carbons (Fsp3) is 0.450. The molecule has 2 aromatic heterocycles. The Balaban J connectivity index is 1.55. The smallest absolute Gasteiger partial charge is 0.308 e. The number of carbonyl (C=O) groups excluding carboxylic acids is 1. The molecule has 0 saturated carbocycles. The highest BCUT2D eigenvalue weighted by molar-refractivity contribution is 7.98. The topological polar surface area (TPSA) is 121 Å². The molecule has 0 aliphatic carbocycles. The molecule has 0 saturated heterocycles. The van der Waals surface area contributed by atoms with Gasteiger partial charge in [0.15, 0.2) is 5.16 Å². The van der Waals surface area contributed by atoms with E-state index in [1.165, 1.54) is 11.8 Å². The monoisotopic (exact) mass is 467 g/mol. The molecule has 1 aliphatic rings. The Morgan fingerprint density at radius 2 is 2.10 bits per heavy atom. The summed E-state index contributed by atoms with van der Waals surface area (Å²) < 4.78 is 16.2. The van der Waals surface area contributed by atoms with Crippen LogP contribution in [-0.4, -0.2) is 45.4 Å². The van der Waals surface area contributed by atoms with E-state index < -0.39 is 11.9 Å². The zero-order valence-electron chi connectivity index (χ0n) is 16.9. The van der Waals surface area contributed by atoms with Gasteiger partial charge in [0.2, 0.25) is 18.6 Å². The first-order valence-corrected chi connectivity index (χ1v) is 11.1. The average molecular weight is 468 g/mol. The number of carboxylic acids is 1. The van der Waals surface area contributed by atoms with Crippen LogP contribution < -0.4 is 9.47 Å². The summed E-state index contributed by atoms with van der Waals surface area (Å²) in [4.78, 5) is 35.2. The predicted molar refractivity (Wildman–Crippen MR) is 112 cm³/mol. The average Bonchev–Trinajstić information content (AvgIpc) is 3.20. The molecular weight excluding hydrogens is 446 g/mol. The molecule has 9 nitrogen and oxygen atoms in total. The number of rotatable bonds is 11. The molecule has 0 radical (unpaired) electrons. The predicted octanol–water partition coefficient (Wildman–Crippen LogP) is 3.59. The van der Waals surface area contributed by atoms with Crippen molar-refractivity contribution in [2.24, 2.45) is 0 Å². The first kappa shape index (κ1) is 23.1.